The van der Waals surface area contributed by atoms with Crippen LogP contribution in [0.1, 0.15) is 44.9 Å². The van der Waals surface area contributed by atoms with Gasteiger partial charge in [-0.2, -0.15) is 0 Å². The molecule has 0 spiro atoms. The molecule has 0 aromatic heterocycles. The number of hydrogen-bond donors (Lipinski definition) is 2. The SMILES string of the molecule is NC(=NO)C1CCCN(C(=O)CCC2CCCCO2)C1. The minimum atomic E-state index is -0.0105. The maximum absolute atomic E-state index is 12.2. The molecule has 2 rings (SSSR count). The summed E-state index contributed by atoms with van der Waals surface area (Å²) in [4.78, 5) is 14.1. The van der Waals surface area contributed by atoms with E-state index in [-0.39, 0.29) is 23.8 Å². The van der Waals surface area contributed by atoms with Gasteiger partial charge in [0.05, 0.1) is 6.10 Å². The van der Waals surface area contributed by atoms with Crippen molar-refractivity contribution in [3.05, 3.63) is 0 Å². The van der Waals surface area contributed by atoms with E-state index in [0.717, 1.165) is 45.3 Å². The molecule has 0 radical (unpaired) electrons. The third-order valence-electron chi connectivity index (χ3n) is 4.26. The molecule has 0 bridgehead atoms. The number of likely N-dealkylation sites (tertiary alicyclic amines) is 1. The van der Waals surface area contributed by atoms with Crippen LogP contribution in [-0.4, -0.2) is 47.7 Å². The van der Waals surface area contributed by atoms with Crippen molar-refractivity contribution in [1.29, 1.82) is 0 Å². The van der Waals surface area contributed by atoms with E-state index in [1.807, 2.05) is 4.90 Å². The highest BCUT2D eigenvalue weighted by Crippen LogP contribution is 2.20. The van der Waals surface area contributed by atoms with Crippen LogP contribution in [-0.2, 0) is 9.53 Å². The number of rotatable bonds is 4. The number of carbonyl (C=O) groups is 1. The molecule has 2 aliphatic heterocycles. The summed E-state index contributed by atoms with van der Waals surface area (Å²) in [7, 11) is 0. The van der Waals surface area contributed by atoms with Crippen molar-refractivity contribution >= 4 is 11.7 Å². The summed E-state index contributed by atoms with van der Waals surface area (Å²) in [6.07, 6.45) is 6.79. The number of piperidine rings is 1. The normalized spacial score (nSPS) is 28.4. The Balaban J connectivity index is 1.76. The number of nitrogens with two attached hydrogens (primary N) is 1. The Kier molecular flexibility index (Phi) is 5.64. The number of hydrogen-bond acceptors (Lipinski definition) is 4. The Morgan fingerprint density at radius 3 is 2.90 bits per heavy atom. The zero-order chi connectivity index (χ0) is 14.4. The third kappa shape index (κ3) is 4.10. The fourth-order valence-corrected chi connectivity index (χ4v) is 3.00. The molecule has 6 nitrogen and oxygen atoms in total. The summed E-state index contributed by atoms with van der Waals surface area (Å²) < 4.78 is 5.65. The molecule has 1 amide bonds. The van der Waals surface area contributed by atoms with Gasteiger partial charge in [0.2, 0.25) is 5.91 Å². The smallest absolute Gasteiger partial charge is 0.222 e. The average Bonchev–Trinajstić information content (AvgIpc) is 2.53. The summed E-state index contributed by atoms with van der Waals surface area (Å²) in [5, 5.41) is 11.8. The molecule has 2 aliphatic rings. The van der Waals surface area contributed by atoms with Crippen molar-refractivity contribution < 1.29 is 14.7 Å². The predicted octanol–water partition coefficient (Wildman–Crippen LogP) is 1.32. The number of ether oxygens (including phenoxy) is 1. The number of amides is 1. The lowest BCUT2D eigenvalue weighted by atomic mass is 9.96. The van der Waals surface area contributed by atoms with Crippen LogP contribution in [0.15, 0.2) is 5.16 Å². The van der Waals surface area contributed by atoms with E-state index in [2.05, 4.69) is 5.16 Å². The molecule has 0 aliphatic carbocycles. The third-order valence-corrected chi connectivity index (χ3v) is 4.26. The quantitative estimate of drug-likeness (QED) is 0.352. The summed E-state index contributed by atoms with van der Waals surface area (Å²) in [6, 6.07) is 0. The number of amidine groups is 1. The van der Waals surface area contributed by atoms with Gasteiger partial charge in [0.1, 0.15) is 5.84 Å². The Hall–Kier alpha value is -1.30. The zero-order valence-electron chi connectivity index (χ0n) is 12.0. The lowest BCUT2D eigenvalue weighted by Gasteiger charge is -2.32. The molecule has 114 valence electrons. The summed E-state index contributed by atoms with van der Waals surface area (Å²) in [6.45, 7) is 2.17. The van der Waals surface area contributed by atoms with E-state index >= 15 is 0 Å². The molecule has 2 atom stereocenters. The molecule has 0 saturated carbocycles. The lowest BCUT2D eigenvalue weighted by molar-refractivity contribution is -0.133. The van der Waals surface area contributed by atoms with Crippen molar-refractivity contribution in [3.8, 4) is 0 Å². The maximum atomic E-state index is 12.2. The first-order valence-electron chi connectivity index (χ1n) is 7.57. The number of oxime groups is 1. The fourth-order valence-electron chi connectivity index (χ4n) is 3.00. The molecular formula is C14H25N3O3. The number of carbonyl (C=O) groups excluding carboxylic acids is 1. The molecule has 3 N–H and O–H groups in total. The standard InChI is InChI=1S/C14H25N3O3/c15-14(16-19)11-4-3-8-17(10-11)13(18)7-6-12-5-1-2-9-20-12/h11-12,19H,1-10H2,(H2,15,16). The van der Waals surface area contributed by atoms with Crippen LogP contribution >= 0.6 is 0 Å². The zero-order valence-corrected chi connectivity index (χ0v) is 12.0. The van der Waals surface area contributed by atoms with Crippen LogP contribution in [0, 0.1) is 5.92 Å². The van der Waals surface area contributed by atoms with Crippen LogP contribution in [0.25, 0.3) is 0 Å². The highest BCUT2D eigenvalue weighted by atomic mass is 16.5. The molecular weight excluding hydrogens is 258 g/mol. The van der Waals surface area contributed by atoms with E-state index in [0.29, 0.717) is 13.0 Å². The van der Waals surface area contributed by atoms with E-state index in [1.54, 1.807) is 0 Å². The van der Waals surface area contributed by atoms with Gasteiger partial charge in [-0.25, -0.2) is 0 Å². The van der Waals surface area contributed by atoms with Crippen molar-refractivity contribution in [2.24, 2.45) is 16.8 Å². The van der Waals surface area contributed by atoms with Gasteiger partial charge in [-0.1, -0.05) is 5.16 Å². The minimum absolute atomic E-state index is 0.0105. The van der Waals surface area contributed by atoms with Gasteiger partial charge in [0.25, 0.3) is 0 Å². The Labute approximate surface area is 119 Å². The van der Waals surface area contributed by atoms with Crippen molar-refractivity contribution in [3.63, 3.8) is 0 Å². The number of nitrogens with zero attached hydrogens (tertiary/aromatic N) is 2. The minimum Gasteiger partial charge on any atom is -0.409 e. The second-order valence-electron chi connectivity index (χ2n) is 5.73. The van der Waals surface area contributed by atoms with Crippen LogP contribution in [0.2, 0.25) is 0 Å². The average molecular weight is 283 g/mol. The van der Waals surface area contributed by atoms with E-state index in [1.165, 1.54) is 6.42 Å². The van der Waals surface area contributed by atoms with Crippen LogP contribution < -0.4 is 5.73 Å². The van der Waals surface area contributed by atoms with Gasteiger partial charge in [0.15, 0.2) is 0 Å². The van der Waals surface area contributed by atoms with E-state index < -0.39 is 0 Å². The molecule has 6 heteroatoms. The molecule has 2 saturated heterocycles. The Morgan fingerprint density at radius 2 is 2.20 bits per heavy atom. The van der Waals surface area contributed by atoms with E-state index in [4.69, 9.17) is 15.7 Å². The van der Waals surface area contributed by atoms with Crippen LogP contribution in [0.4, 0.5) is 0 Å². The predicted molar refractivity (Wildman–Crippen MR) is 75.5 cm³/mol. The van der Waals surface area contributed by atoms with Gasteiger partial charge in [-0.3, -0.25) is 4.79 Å². The summed E-state index contributed by atoms with van der Waals surface area (Å²) in [5.41, 5.74) is 5.64. The summed E-state index contributed by atoms with van der Waals surface area (Å²) >= 11 is 0. The highest BCUT2D eigenvalue weighted by Gasteiger charge is 2.26. The van der Waals surface area contributed by atoms with Crippen molar-refractivity contribution in [2.45, 2.75) is 51.0 Å². The summed E-state index contributed by atoms with van der Waals surface area (Å²) in [5.74, 6) is 0.386. The highest BCUT2D eigenvalue weighted by molar-refractivity contribution is 5.84. The second-order valence-corrected chi connectivity index (χ2v) is 5.73. The van der Waals surface area contributed by atoms with Crippen LogP contribution in [0.3, 0.4) is 0 Å². The lowest BCUT2D eigenvalue weighted by Crippen LogP contribution is -2.44. The van der Waals surface area contributed by atoms with Gasteiger partial charge in [-0.05, 0) is 38.5 Å². The Bertz CT molecular complexity index is 354. The largest absolute Gasteiger partial charge is 0.409 e. The maximum Gasteiger partial charge on any atom is 0.222 e. The Morgan fingerprint density at radius 1 is 1.35 bits per heavy atom. The second kappa shape index (κ2) is 7.47. The molecule has 0 aromatic carbocycles. The fraction of sp³-hybridized carbons (Fsp3) is 0.857. The topological polar surface area (TPSA) is 88.2 Å². The van der Waals surface area contributed by atoms with E-state index in [9.17, 15) is 4.79 Å². The monoisotopic (exact) mass is 283 g/mol. The molecule has 0 aromatic rings. The van der Waals surface area contributed by atoms with Gasteiger partial charge < -0.3 is 20.6 Å². The van der Waals surface area contributed by atoms with Gasteiger partial charge in [0, 0.05) is 32.0 Å². The first-order chi connectivity index (χ1) is 9.70. The molecule has 2 heterocycles. The molecule has 2 fully saturated rings. The molecule has 2 unspecified atom stereocenters. The van der Waals surface area contributed by atoms with Gasteiger partial charge >= 0.3 is 0 Å². The van der Waals surface area contributed by atoms with Gasteiger partial charge in [-0.15, -0.1) is 0 Å². The first kappa shape index (κ1) is 15.1. The van der Waals surface area contributed by atoms with Crippen molar-refractivity contribution in [2.75, 3.05) is 19.7 Å². The first-order valence-corrected chi connectivity index (χ1v) is 7.57. The molecule has 20 heavy (non-hydrogen) atoms. The van der Waals surface area contributed by atoms with Crippen molar-refractivity contribution in [1.82, 2.24) is 4.90 Å². The van der Waals surface area contributed by atoms with Crippen LogP contribution in [0.5, 0.6) is 0 Å².